The highest BCUT2D eigenvalue weighted by molar-refractivity contribution is 5.90. The molecule has 0 fully saturated rings. The number of nitrogens with zero attached hydrogens (tertiary/aromatic N) is 3. The molecule has 0 spiro atoms. The van der Waals surface area contributed by atoms with Gasteiger partial charge in [0.25, 0.3) is 0 Å². The summed E-state index contributed by atoms with van der Waals surface area (Å²) >= 11 is 0. The Bertz CT molecular complexity index is 1060. The van der Waals surface area contributed by atoms with Gasteiger partial charge in [0.2, 0.25) is 5.89 Å². The van der Waals surface area contributed by atoms with Gasteiger partial charge in [-0.3, -0.25) is 4.79 Å². The zero-order valence-electron chi connectivity index (χ0n) is 13.7. The Balaban J connectivity index is 1.72. The Labute approximate surface area is 149 Å². The van der Waals surface area contributed by atoms with Gasteiger partial charge < -0.3 is 9.52 Å². The maximum atomic E-state index is 11.3. The average molecular weight is 345 g/mol. The standard InChI is InChI=1S/C20H15N3O3/c24-19(25)11-15(20-22-17-8-4-5-9-18(17)26-20)10-14-12-21-23(13-14)16-6-2-1-3-7-16/h1-10,12-13H,11H2,(H,24,25)/b15-10+. The molecule has 0 atom stereocenters. The van der Waals surface area contributed by atoms with Gasteiger partial charge in [0.15, 0.2) is 5.58 Å². The number of rotatable bonds is 5. The van der Waals surface area contributed by atoms with Crippen LogP contribution in [-0.4, -0.2) is 25.8 Å². The van der Waals surface area contributed by atoms with Crippen molar-refractivity contribution < 1.29 is 14.3 Å². The van der Waals surface area contributed by atoms with E-state index >= 15 is 0 Å². The largest absolute Gasteiger partial charge is 0.481 e. The van der Waals surface area contributed by atoms with E-state index in [1.165, 1.54) is 0 Å². The Morgan fingerprint density at radius 1 is 1.12 bits per heavy atom. The minimum absolute atomic E-state index is 0.191. The van der Waals surface area contributed by atoms with Gasteiger partial charge in [0, 0.05) is 17.3 Å². The summed E-state index contributed by atoms with van der Waals surface area (Å²) in [6.45, 7) is 0. The summed E-state index contributed by atoms with van der Waals surface area (Å²) in [5, 5.41) is 13.6. The summed E-state index contributed by atoms with van der Waals surface area (Å²) in [7, 11) is 0. The second kappa shape index (κ2) is 6.68. The maximum Gasteiger partial charge on any atom is 0.308 e. The van der Waals surface area contributed by atoms with Crippen molar-refractivity contribution in [2.24, 2.45) is 0 Å². The van der Waals surface area contributed by atoms with Crippen LogP contribution < -0.4 is 0 Å². The fourth-order valence-corrected chi connectivity index (χ4v) is 2.70. The van der Waals surface area contributed by atoms with Crippen LogP contribution in [0.2, 0.25) is 0 Å². The van der Waals surface area contributed by atoms with Gasteiger partial charge in [0.05, 0.1) is 18.3 Å². The lowest BCUT2D eigenvalue weighted by atomic mass is 10.1. The van der Waals surface area contributed by atoms with Crippen molar-refractivity contribution in [3.05, 3.63) is 78.4 Å². The molecule has 0 aliphatic heterocycles. The third kappa shape index (κ3) is 3.25. The van der Waals surface area contributed by atoms with Crippen LogP contribution in [0.15, 0.2) is 71.4 Å². The van der Waals surface area contributed by atoms with Crippen LogP contribution in [0.1, 0.15) is 17.9 Å². The molecule has 0 saturated carbocycles. The summed E-state index contributed by atoms with van der Waals surface area (Å²) in [4.78, 5) is 15.7. The van der Waals surface area contributed by atoms with Crippen LogP contribution >= 0.6 is 0 Å². The molecule has 6 nitrogen and oxygen atoms in total. The molecular weight excluding hydrogens is 330 g/mol. The van der Waals surface area contributed by atoms with Crippen molar-refractivity contribution in [2.45, 2.75) is 6.42 Å². The fourth-order valence-electron chi connectivity index (χ4n) is 2.70. The summed E-state index contributed by atoms with van der Waals surface area (Å²) in [6.07, 6.45) is 5.06. The topological polar surface area (TPSA) is 81.1 Å². The molecule has 6 heteroatoms. The molecule has 0 aliphatic rings. The third-order valence-corrected chi connectivity index (χ3v) is 3.87. The first kappa shape index (κ1) is 15.8. The van der Waals surface area contributed by atoms with Crippen LogP contribution in [0.3, 0.4) is 0 Å². The molecule has 0 amide bonds. The Morgan fingerprint density at radius 2 is 1.88 bits per heavy atom. The monoisotopic (exact) mass is 345 g/mol. The SMILES string of the molecule is O=C(O)C/C(=C\c1cnn(-c2ccccc2)c1)c1nc2ccccc2o1. The first-order valence-electron chi connectivity index (χ1n) is 8.07. The molecule has 0 radical (unpaired) electrons. The van der Waals surface area contributed by atoms with Crippen LogP contribution in [0.25, 0.3) is 28.4 Å². The zero-order chi connectivity index (χ0) is 17.9. The summed E-state index contributed by atoms with van der Waals surface area (Å²) in [5.74, 6) is -0.644. The van der Waals surface area contributed by atoms with Crippen molar-refractivity contribution in [2.75, 3.05) is 0 Å². The van der Waals surface area contributed by atoms with E-state index < -0.39 is 5.97 Å². The maximum absolute atomic E-state index is 11.3. The van der Waals surface area contributed by atoms with Crippen LogP contribution in [0.5, 0.6) is 0 Å². The Kier molecular flexibility index (Phi) is 4.07. The molecule has 1 N–H and O–H groups in total. The Hall–Kier alpha value is -3.67. The third-order valence-electron chi connectivity index (χ3n) is 3.87. The molecule has 0 saturated heterocycles. The normalized spacial score (nSPS) is 11.8. The van der Waals surface area contributed by atoms with E-state index in [2.05, 4.69) is 10.1 Å². The van der Waals surface area contributed by atoms with E-state index in [1.807, 2.05) is 54.7 Å². The fraction of sp³-hybridized carbons (Fsp3) is 0.0500. The van der Waals surface area contributed by atoms with Crippen LogP contribution in [0, 0.1) is 0 Å². The minimum Gasteiger partial charge on any atom is -0.481 e. The Morgan fingerprint density at radius 3 is 2.65 bits per heavy atom. The van der Waals surface area contributed by atoms with E-state index in [1.54, 1.807) is 23.0 Å². The number of hydrogen-bond acceptors (Lipinski definition) is 4. The number of carboxylic acid groups (broad SMARTS) is 1. The number of oxazole rings is 1. The predicted octanol–water partition coefficient (Wildman–Crippen LogP) is 4.03. The number of carbonyl (C=O) groups is 1. The van der Waals surface area contributed by atoms with E-state index in [-0.39, 0.29) is 6.42 Å². The lowest BCUT2D eigenvalue weighted by molar-refractivity contribution is -0.135. The zero-order valence-corrected chi connectivity index (χ0v) is 13.7. The van der Waals surface area contributed by atoms with Crippen molar-refractivity contribution in [3.8, 4) is 5.69 Å². The van der Waals surface area contributed by atoms with Gasteiger partial charge in [-0.15, -0.1) is 0 Å². The second-order valence-electron chi connectivity index (χ2n) is 5.78. The summed E-state index contributed by atoms with van der Waals surface area (Å²) in [5.41, 5.74) is 3.50. The number of aromatic nitrogens is 3. The number of aliphatic carboxylic acids is 1. The van der Waals surface area contributed by atoms with E-state index in [9.17, 15) is 9.90 Å². The molecule has 2 heterocycles. The molecular formula is C20H15N3O3. The molecule has 2 aromatic carbocycles. The van der Waals surface area contributed by atoms with Gasteiger partial charge in [-0.05, 0) is 30.3 Å². The van der Waals surface area contributed by atoms with Gasteiger partial charge >= 0.3 is 5.97 Å². The quantitative estimate of drug-likeness (QED) is 0.590. The molecule has 2 aromatic heterocycles. The predicted molar refractivity (Wildman–Crippen MR) is 97.7 cm³/mol. The molecule has 4 aromatic rings. The molecule has 0 aliphatic carbocycles. The summed E-state index contributed by atoms with van der Waals surface area (Å²) < 4.78 is 7.46. The number of fused-ring (bicyclic) bond motifs is 1. The molecule has 128 valence electrons. The lowest BCUT2D eigenvalue weighted by Crippen LogP contribution is -1.97. The first-order valence-corrected chi connectivity index (χ1v) is 8.07. The van der Waals surface area contributed by atoms with Gasteiger partial charge in [-0.2, -0.15) is 5.10 Å². The molecule has 0 bridgehead atoms. The molecule has 0 unspecified atom stereocenters. The number of para-hydroxylation sites is 3. The molecule has 4 rings (SSSR count). The van der Waals surface area contributed by atoms with E-state index in [4.69, 9.17) is 4.42 Å². The second-order valence-corrected chi connectivity index (χ2v) is 5.78. The van der Waals surface area contributed by atoms with Crippen molar-refractivity contribution in [1.82, 2.24) is 14.8 Å². The van der Waals surface area contributed by atoms with E-state index in [0.717, 1.165) is 11.3 Å². The van der Waals surface area contributed by atoms with Crippen molar-refractivity contribution in [3.63, 3.8) is 0 Å². The van der Waals surface area contributed by atoms with Crippen LogP contribution in [0.4, 0.5) is 0 Å². The highest BCUT2D eigenvalue weighted by Crippen LogP contribution is 2.25. The van der Waals surface area contributed by atoms with Gasteiger partial charge in [-0.1, -0.05) is 30.3 Å². The minimum atomic E-state index is -0.950. The van der Waals surface area contributed by atoms with Crippen molar-refractivity contribution in [1.29, 1.82) is 0 Å². The molecule has 26 heavy (non-hydrogen) atoms. The highest BCUT2D eigenvalue weighted by atomic mass is 16.4. The number of hydrogen-bond donors (Lipinski definition) is 1. The van der Waals surface area contributed by atoms with Crippen molar-refractivity contribution >= 4 is 28.7 Å². The van der Waals surface area contributed by atoms with E-state index in [0.29, 0.717) is 22.6 Å². The lowest BCUT2D eigenvalue weighted by Gasteiger charge is -2.00. The summed E-state index contributed by atoms with van der Waals surface area (Å²) in [6, 6.07) is 17.0. The van der Waals surface area contributed by atoms with Gasteiger partial charge in [0.1, 0.15) is 5.52 Å². The number of carboxylic acids is 1. The highest BCUT2D eigenvalue weighted by Gasteiger charge is 2.14. The average Bonchev–Trinajstić information content (AvgIpc) is 3.28. The van der Waals surface area contributed by atoms with Crippen LogP contribution in [-0.2, 0) is 4.79 Å². The smallest absolute Gasteiger partial charge is 0.308 e. The first-order chi connectivity index (χ1) is 12.7. The number of benzene rings is 2. The van der Waals surface area contributed by atoms with Gasteiger partial charge in [-0.25, -0.2) is 9.67 Å².